The molecule has 0 atom stereocenters. The zero-order valence-corrected chi connectivity index (χ0v) is 21.6. The molecule has 5 aromatic rings. The van der Waals surface area contributed by atoms with E-state index in [1.54, 1.807) is 6.20 Å². The van der Waals surface area contributed by atoms with Gasteiger partial charge < -0.3 is 4.74 Å². The summed E-state index contributed by atoms with van der Waals surface area (Å²) < 4.78 is 6.03. The van der Waals surface area contributed by atoms with Crippen molar-refractivity contribution in [1.29, 1.82) is 0 Å². The van der Waals surface area contributed by atoms with E-state index < -0.39 is 0 Å². The van der Waals surface area contributed by atoms with Crippen LogP contribution >= 0.6 is 0 Å². The number of benzene rings is 3. The van der Waals surface area contributed by atoms with Crippen molar-refractivity contribution in [3.63, 3.8) is 0 Å². The first-order valence-corrected chi connectivity index (χ1v) is 11.4. The summed E-state index contributed by atoms with van der Waals surface area (Å²) >= 11 is 0. The second-order valence-electron chi connectivity index (χ2n) is 8.63. The van der Waals surface area contributed by atoms with Crippen molar-refractivity contribution in [2.45, 2.75) is 13.8 Å². The molecular weight excluding hydrogens is 610 g/mol. The van der Waals surface area contributed by atoms with E-state index in [-0.39, 0.29) is 27.8 Å². The van der Waals surface area contributed by atoms with Crippen molar-refractivity contribution in [3.05, 3.63) is 115 Å². The summed E-state index contributed by atoms with van der Waals surface area (Å²) in [4.78, 5) is 9.08. The monoisotopic (exact) mass is 631 g/mol. The van der Waals surface area contributed by atoms with Gasteiger partial charge in [-0.3, -0.25) is 4.98 Å². The summed E-state index contributed by atoms with van der Waals surface area (Å²) in [5, 5.41) is 0. The summed E-state index contributed by atoms with van der Waals surface area (Å²) in [6, 6.07) is 34.0. The Kier molecular flexibility index (Phi) is 6.41. The average Bonchev–Trinajstić information content (AvgIpc) is 3.19. The third-order valence-corrected chi connectivity index (χ3v) is 6.29. The Morgan fingerprint density at radius 3 is 2.46 bits per heavy atom. The quantitative estimate of drug-likeness (QED) is 0.210. The van der Waals surface area contributed by atoms with Crippen molar-refractivity contribution in [2.24, 2.45) is 0 Å². The Labute approximate surface area is 220 Å². The molecule has 170 valence electrons. The van der Waals surface area contributed by atoms with E-state index in [0.29, 0.717) is 11.6 Å². The molecular formula is C30H21BN2OPt. The second kappa shape index (κ2) is 9.64. The number of ether oxygens (including phenoxy) is 1. The van der Waals surface area contributed by atoms with E-state index in [4.69, 9.17) is 9.72 Å². The third kappa shape index (κ3) is 4.35. The van der Waals surface area contributed by atoms with Crippen molar-refractivity contribution >= 4 is 23.2 Å². The Morgan fingerprint density at radius 1 is 0.743 bits per heavy atom. The Hall–Kier alpha value is -3.49. The molecule has 0 saturated heterocycles. The molecule has 0 unspecified atom stereocenters. The van der Waals surface area contributed by atoms with Crippen molar-refractivity contribution < 1.29 is 25.8 Å². The van der Waals surface area contributed by atoms with Crippen LogP contribution in [-0.4, -0.2) is 16.7 Å². The number of nitrogens with zero attached hydrogens (tertiary/aromatic N) is 2. The maximum atomic E-state index is 6.03. The van der Waals surface area contributed by atoms with Crippen molar-refractivity contribution in [2.75, 3.05) is 0 Å². The first kappa shape index (κ1) is 23.3. The summed E-state index contributed by atoms with van der Waals surface area (Å²) in [5.41, 5.74) is 10.0. The van der Waals surface area contributed by atoms with E-state index in [1.807, 2.05) is 49.5 Å². The van der Waals surface area contributed by atoms with Gasteiger partial charge in [0, 0.05) is 29.3 Å². The van der Waals surface area contributed by atoms with Gasteiger partial charge >= 0.3 is 21.1 Å². The minimum absolute atomic E-state index is 0. The fourth-order valence-corrected chi connectivity index (χ4v) is 4.65. The molecule has 0 amide bonds. The van der Waals surface area contributed by atoms with Crippen LogP contribution in [0.3, 0.4) is 0 Å². The van der Waals surface area contributed by atoms with Gasteiger partial charge in [0.25, 0.3) is 0 Å². The summed E-state index contributed by atoms with van der Waals surface area (Å²) in [7, 11) is 0. The van der Waals surface area contributed by atoms with Gasteiger partial charge in [0.05, 0.1) is 0 Å². The van der Waals surface area contributed by atoms with E-state index in [9.17, 15) is 0 Å². The van der Waals surface area contributed by atoms with Crippen LogP contribution in [0, 0.1) is 26.0 Å². The Balaban J connectivity index is 0.00000253. The molecule has 0 N–H and O–H groups in total. The molecule has 0 radical (unpaired) electrons. The Morgan fingerprint density at radius 2 is 1.60 bits per heavy atom. The molecule has 3 nitrogen and oxygen atoms in total. The smallest absolute Gasteiger partial charge is 0.460 e. The van der Waals surface area contributed by atoms with Gasteiger partial charge in [-0.2, -0.15) is 29.7 Å². The molecule has 5 heteroatoms. The molecule has 3 aromatic carbocycles. The van der Waals surface area contributed by atoms with Crippen LogP contribution in [0.15, 0.2) is 91.3 Å². The first-order valence-electron chi connectivity index (χ1n) is 11.4. The third-order valence-electron chi connectivity index (χ3n) is 6.29. The standard InChI is InChI=1S/C30H21BN2O.Pt/c1-20-14-16-32-29(17-20)31-27-11-4-3-10-25(27)26-13-12-23(19-28(26)31)22-8-5-9-24(18-22)34-30-21(2)7-6-15-33-30;/h3-17H,1-2H3;/q-2;+2. The number of aryl methyl sites for hydroxylation is 2. The van der Waals surface area contributed by atoms with Gasteiger partial charge in [-0.1, -0.05) is 41.4 Å². The molecule has 3 heterocycles. The molecule has 1 aliphatic heterocycles. The maximum absolute atomic E-state index is 6.03. The molecule has 2 aromatic heterocycles. The van der Waals surface area contributed by atoms with Crippen LogP contribution in [0.1, 0.15) is 11.1 Å². The summed E-state index contributed by atoms with van der Waals surface area (Å²) in [6.07, 6.45) is 3.63. The molecule has 1 aliphatic rings. The number of pyridine rings is 2. The average molecular weight is 631 g/mol. The summed E-state index contributed by atoms with van der Waals surface area (Å²) in [5.74, 6) is 1.23. The Bertz CT molecular complexity index is 1530. The van der Waals surface area contributed by atoms with Gasteiger partial charge in [-0.25, -0.2) is 16.1 Å². The molecule has 0 fully saturated rings. The zero-order valence-electron chi connectivity index (χ0n) is 19.4. The van der Waals surface area contributed by atoms with E-state index in [0.717, 1.165) is 27.7 Å². The van der Waals surface area contributed by atoms with Crippen molar-refractivity contribution in [3.8, 4) is 33.9 Å². The van der Waals surface area contributed by atoms with Gasteiger partial charge in [-0.05, 0) is 37.6 Å². The van der Waals surface area contributed by atoms with Crippen LogP contribution in [0.2, 0.25) is 0 Å². The number of aromatic nitrogens is 2. The minimum atomic E-state index is 0. The summed E-state index contributed by atoms with van der Waals surface area (Å²) in [6.45, 7) is 4.15. The van der Waals surface area contributed by atoms with Gasteiger partial charge in [0.2, 0.25) is 12.6 Å². The maximum Gasteiger partial charge on any atom is 2.00 e. The van der Waals surface area contributed by atoms with Crippen molar-refractivity contribution in [1.82, 2.24) is 9.97 Å². The first-order chi connectivity index (χ1) is 16.7. The normalized spacial score (nSPS) is 11.4. The number of rotatable bonds is 4. The predicted molar refractivity (Wildman–Crippen MR) is 138 cm³/mol. The number of hydrogen-bond acceptors (Lipinski definition) is 3. The fourth-order valence-electron chi connectivity index (χ4n) is 4.65. The van der Waals surface area contributed by atoms with Crippen LogP contribution in [0.4, 0.5) is 0 Å². The minimum Gasteiger partial charge on any atom is -0.460 e. The predicted octanol–water partition coefficient (Wildman–Crippen LogP) is 4.65. The van der Waals surface area contributed by atoms with Gasteiger partial charge in [0.1, 0.15) is 0 Å². The number of hydrogen-bond donors (Lipinski definition) is 0. The zero-order chi connectivity index (χ0) is 23.1. The second-order valence-corrected chi connectivity index (χ2v) is 8.63. The molecule has 0 aliphatic carbocycles. The molecule has 0 bridgehead atoms. The molecule has 0 saturated carbocycles. The molecule has 35 heavy (non-hydrogen) atoms. The van der Waals surface area contributed by atoms with Gasteiger partial charge in [-0.15, -0.1) is 23.8 Å². The number of fused-ring (bicyclic) bond motifs is 3. The van der Waals surface area contributed by atoms with Crippen LogP contribution in [0.5, 0.6) is 11.6 Å². The van der Waals surface area contributed by atoms with Gasteiger partial charge in [0.15, 0.2) is 0 Å². The molecule has 0 spiro atoms. The van der Waals surface area contributed by atoms with Crippen LogP contribution in [-0.2, 0) is 21.1 Å². The SMILES string of the molecule is Cc1ccnc(B2c3[c-]c(-c4[c-]c(Oc5ncccc5C)ccc4)ccc3-c3ccccc32)c1.[Pt+2]. The molecule has 6 rings (SSSR count). The van der Waals surface area contributed by atoms with Crippen LogP contribution < -0.4 is 21.3 Å². The van der Waals surface area contributed by atoms with Crippen LogP contribution in [0.25, 0.3) is 22.3 Å². The van der Waals surface area contributed by atoms with E-state index in [2.05, 4.69) is 66.5 Å². The topological polar surface area (TPSA) is 35.0 Å². The van der Waals surface area contributed by atoms with E-state index >= 15 is 0 Å². The fraction of sp³-hybridized carbons (Fsp3) is 0.0667. The largest absolute Gasteiger partial charge is 2.00 e. The van der Waals surface area contributed by atoms with E-state index in [1.165, 1.54) is 22.2 Å².